The van der Waals surface area contributed by atoms with Crippen molar-refractivity contribution in [2.75, 3.05) is 127 Å². The van der Waals surface area contributed by atoms with Gasteiger partial charge in [0.1, 0.15) is 17.1 Å². The molecule has 6 aliphatic rings. The first-order chi connectivity index (χ1) is 32.9. The van der Waals surface area contributed by atoms with E-state index in [0.29, 0.717) is 112 Å². The summed E-state index contributed by atoms with van der Waals surface area (Å²) < 4.78 is 11.4. The van der Waals surface area contributed by atoms with E-state index in [-0.39, 0.29) is 29.9 Å². The minimum atomic E-state index is -1.21. The van der Waals surface area contributed by atoms with Crippen molar-refractivity contribution in [3.63, 3.8) is 0 Å². The standard InChI is InChI=1S/C49H61N13O6/c1-50-47(66)62(36-13-7-33(8-14-36)42-53-37(29-40(55-42)59-21-25-67-26-22-59)48(15-16-48)44(63)61-19-17-58(4)18-20-61)39-31-49(39,45(64)57(2)3)38-30-41(60-23-27-68-28-24-60)56-43(54-38)32-5-9-34(10-6-32)51-46(65)52-35-11-12-35/h5-10,13-14,29-30,35,39H,11-12,15-28,31H2,1-4H3,(H,50,66)(H2,51,52,65). The summed E-state index contributed by atoms with van der Waals surface area (Å²) in [5.74, 6) is 2.28. The Kier molecular flexibility index (Phi) is 12.4. The van der Waals surface area contributed by atoms with Crippen molar-refractivity contribution < 1.29 is 28.7 Å². The molecule has 3 N–H and O–H groups in total. The van der Waals surface area contributed by atoms with E-state index in [1.165, 1.54) is 0 Å². The van der Waals surface area contributed by atoms with Crippen molar-refractivity contribution in [3.05, 3.63) is 72.1 Å². The molecule has 2 unspecified atom stereocenters. The quantitative estimate of drug-likeness (QED) is 0.188. The minimum Gasteiger partial charge on any atom is -0.378 e. The molecule has 2 aromatic carbocycles. The predicted molar refractivity (Wildman–Crippen MR) is 257 cm³/mol. The molecule has 6 fully saturated rings. The van der Waals surface area contributed by atoms with Crippen LogP contribution in [-0.2, 0) is 29.9 Å². The number of rotatable bonds is 12. The van der Waals surface area contributed by atoms with Crippen LogP contribution in [0.5, 0.6) is 0 Å². The lowest BCUT2D eigenvalue weighted by atomic mass is 9.97. The lowest BCUT2D eigenvalue weighted by molar-refractivity contribution is -0.135. The zero-order valence-electron chi connectivity index (χ0n) is 39.4. The number of ether oxygens (including phenoxy) is 2. The molecule has 19 heteroatoms. The molecular formula is C49H61N13O6. The summed E-state index contributed by atoms with van der Waals surface area (Å²) in [6.07, 6.45) is 3.76. The summed E-state index contributed by atoms with van der Waals surface area (Å²) >= 11 is 0. The van der Waals surface area contributed by atoms with Gasteiger partial charge in [0.2, 0.25) is 11.8 Å². The molecule has 0 spiro atoms. The fraction of sp³-hybridized carbons (Fsp3) is 0.510. The molecule has 3 aliphatic heterocycles. The summed E-state index contributed by atoms with van der Waals surface area (Å²) in [4.78, 5) is 87.7. The zero-order valence-corrected chi connectivity index (χ0v) is 39.4. The number of nitrogens with zero attached hydrogens (tertiary/aromatic N) is 10. The van der Waals surface area contributed by atoms with Crippen LogP contribution in [0.1, 0.15) is 43.5 Å². The SMILES string of the molecule is CNC(=O)N(c1ccc(-c2nc(N3CCOCC3)cc(C3(C(=O)N4CCN(C)CC4)CC3)n2)cc1)C1CC1(C(=O)N(C)C)c1cc(N2CCOCC2)nc(-c2ccc(NC(=O)NC3CC3)cc2)n1. The fourth-order valence-electron chi connectivity index (χ4n) is 9.71. The average molecular weight is 928 g/mol. The number of amides is 6. The normalized spacial score (nSPS) is 22.2. The van der Waals surface area contributed by atoms with Crippen LogP contribution < -0.4 is 30.7 Å². The lowest BCUT2D eigenvalue weighted by Gasteiger charge is -2.35. The highest BCUT2D eigenvalue weighted by atomic mass is 16.5. The highest BCUT2D eigenvalue weighted by Crippen LogP contribution is 2.54. The number of aromatic nitrogens is 4. The maximum atomic E-state index is 14.7. The van der Waals surface area contributed by atoms with E-state index < -0.39 is 16.9 Å². The maximum Gasteiger partial charge on any atom is 0.321 e. The Labute approximate surface area is 396 Å². The molecule has 2 aromatic heterocycles. The topological polar surface area (TPSA) is 194 Å². The van der Waals surface area contributed by atoms with Gasteiger partial charge in [0.25, 0.3) is 0 Å². The Balaban J connectivity index is 0.982. The molecular weight excluding hydrogens is 867 g/mol. The summed E-state index contributed by atoms with van der Waals surface area (Å²) in [7, 11) is 7.11. The number of hydrogen-bond donors (Lipinski definition) is 3. The first-order valence-electron chi connectivity index (χ1n) is 23.9. The third-order valence-corrected chi connectivity index (χ3v) is 14.2. The van der Waals surface area contributed by atoms with Gasteiger partial charge in [-0.3, -0.25) is 14.5 Å². The number of hydrogen-bond acceptors (Lipinski definition) is 13. The number of carbonyl (C=O) groups excluding carboxylic acids is 4. The number of nitrogens with one attached hydrogen (secondary N) is 3. The van der Waals surface area contributed by atoms with Crippen molar-refractivity contribution >= 4 is 46.9 Å². The number of morpholine rings is 2. The van der Waals surface area contributed by atoms with Crippen molar-refractivity contribution in [1.29, 1.82) is 0 Å². The number of anilines is 4. The number of carbonyl (C=O) groups is 4. The van der Waals surface area contributed by atoms with Gasteiger partial charge in [-0.2, -0.15) is 0 Å². The third-order valence-electron chi connectivity index (χ3n) is 14.2. The smallest absolute Gasteiger partial charge is 0.321 e. The Morgan fingerprint density at radius 3 is 1.78 bits per heavy atom. The molecule has 5 heterocycles. The van der Waals surface area contributed by atoms with Crippen molar-refractivity contribution in [2.45, 2.75) is 55.0 Å². The molecule has 0 bridgehead atoms. The summed E-state index contributed by atoms with van der Waals surface area (Å²) in [6, 6.07) is 17.8. The van der Waals surface area contributed by atoms with Crippen LogP contribution in [0, 0.1) is 0 Å². The van der Waals surface area contributed by atoms with Crippen LogP contribution in [0.3, 0.4) is 0 Å². The van der Waals surface area contributed by atoms with E-state index in [1.807, 2.05) is 65.6 Å². The van der Waals surface area contributed by atoms with E-state index in [4.69, 9.17) is 29.4 Å². The van der Waals surface area contributed by atoms with Gasteiger partial charge in [-0.15, -0.1) is 0 Å². The van der Waals surface area contributed by atoms with Crippen molar-refractivity contribution in [2.24, 2.45) is 0 Å². The molecule has 3 saturated carbocycles. The first-order valence-corrected chi connectivity index (χ1v) is 23.9. The second-order valence-corrected chi connectivity index (χ2v) is 19.1. The Hall–Kier alpha value is -6.44. The van der Waals surface area contributed by atoms with Crippen LogP contribution in [0.4, 0.5) is 32.6 Å². The van der Waals surface area contributed by atoms with Gasteiger partial charge in [-0.25, -0.2) is 29.5 Å². The minimum absolute atomic E-state index is 0.132. The molecule has 68 heavy (non-hydrogen) atoms. The van der Waals surface area contributed by atoms with Crippen LogP contribution in [0.15, 0.2) is 60.7 Å². The van der Waals surface area contributed by atoms with Gasteiger partial charge >= 0.3 is 12.1 Å². The van der Waals surface area contributed by atoms with Gasteiger partial charge in [-0.1, -0.05) is 0 Å². The maximum absolute atomic E-state index is 14.7. The van der Waals surface area contributed by atoms with E-state index in [9.17, 15) is 19.2 Å². The molecule has 358 valence electrons. The Morgan fingerprint density at radius 2 is 1.25 bits per heavy atom. The molecule has 3 aliphatic carbocycles. The number of likely N-dealkylation sites (N-methyl/N-ethyl adjacent to an activating group) is 2. The number of urea groups is 2. The van der Waals surface area contributed by atoms with E-state index >= 15 is 0 Å². The summed E-state index contributed by atoms with van der Waals surface area (Å²) in [6.45, 7) is 7.86. The molecule has 3 saturated heterocycles. The largest absolute Gasteiger partial charge is 0.378 e. The molecule has 19 nitrogen and oxygen atoms in total. The molecule has 6 amide bonds. The molecule has 4 aromatic rings. The highest BCUT2D eigenvalue weighted by Gasteiger charge is 2.67. The highest BCUT2D eigenvalue weighted by molar-refractivity contribution is 6.00. The van der Waals surface area contributed by atoms with Crippen molar-refractivity contribution in [3.8, 4) is 22.8 Å². The summed E-state index contributed by atoms with van der Waals surface area (Å²) in [5, 5.41) is 8.67. The second-order valence-electron chi connectivity index (χ2n) is 19.1. The number of piperazine rings is 1. The van der Waals surface area contributed by atoms with Gasteiger partial charge in [0, 0.05) is 114 Å². The summed E-state index contributed by atoms with van der Waals surface area (Å²) in [5.41, 5.74) is 1.99. The van der Waals surface area contributed by atoms with Crippen molar-refractivity contribution in [1.82, 2.24) is 45.3 Å². The van der Waals surface area contributed by atoms with E-state index in [1.54, 1.807) is 30.9 Å². The lowest BCUT2D eigenvalue weighted by Crippen LogP contribution is -2.50. The Morgan fingerprint density at radius 1 is 0.706 bits per heavy atom. The van der Waals surface area contributed by atoms with Crippen LogP contribution in [-0.4, -0.2) is 178 Å². The first kappa shape index (κ1) is 45.3. The zero-order chi connectivity index (χ0) is 47.2. The van der Waals surface area contributed by atoms with E-state index in [0.717, 1.165) is 55.8 Å². The van der Waals surface area contributed by atoms with Gasteiger partial charge < -0.3 is 49.9 Å². The van der Waals surface area contributed by atoms with Crippen LogP contribution >= 0.6 is 0 Å². The average Bonchev–Trinajstić information content (AvgIpc) is 4.28. The molecule has 10 rings (SSSR count). The van der Waals surface area contributed by atoms with E-state index in [2.05, 4.69) is 37.7 Å². The number of benzene rings is 2. The van der Waals surface area contributed by atoms with Gasteiger partial charge in [-0.05, 0) is 87.7 Å². The third kappa shape index (κ3) is 9.01. The van der Waals surface area contributed by atoms with Crippen LogP contribution in [0.2, 0.25) is 0 Å². The fourth-order valence-corrected chi connectivity index (χ4v) is 9.71. The Bertz CT molecular complexity index is 2530. The van der Waals surface area contributed by atoms with Crippen LogP contribution in [0.25, 0.3) is 22.8 Å². The predicted octanol–water partition coefficient (Wildman–Crippen LogP) is 3.31. The van der Waals surface area contributed by atoms with Gasteiger partial charge in [0.15, 0.2) is 11.6 Å². The molecule has 2 atom stereocenters. The monoisotopic (exact) mass is 927 g/mol. The van der Waals surface area contributed by atoms with Gasteiger partial charge in [0.05, 0.1) is 49.3 Å². The second kappa shape index (κ2) is 18.6. The molecule has 0 radical (unpaired) electrons.